The third-order valence-corrected chi connectivity index (χ3v) is 4.17. The lowest BCUT2D eigenvalue weighted by Crippen LogP contribution is -2.28. The number of aryl methyl sites for hydroxylation is 1. The van der Waals surface area contributed by atoms with E-state index in [2.05, 4.69) is 25.6 Å². The van der Waals surface area contributed by atoms with Crippen LogP contribution in [-0.4, -0.2) is 40.4 Å². The molecule has 26 heavy (non-hydrogen) atoms. The van der Waals surface area contributed by atoms with Gasteiger partial charge < -0.3 is 15.6 Å². The van der Waals surface area contributed by atoms with Crippen LogP contribution in [0.4, 0.5) is 0 Å². The zero-order chi connectivity index (χ0) is 18.5. The molecule has 0 aliphatic rings. The summed E-state index contributed by atoms with van der Waals surface area (Å²) in [6, 6.07) is 7.88. The number of carbonyl (C=O) groups is 2. The molecule has 0 unspecified atom stereocenters. The smallest absolute Gasteiger partial charge is 0.254 e. The average Bonchev–Trinajstić information content (AvgIpc) is 3.04. The van der Waals surface area contributed by atoms with E-state index in [1.807, 2.05) is 30.5 Å². The Bertz CT molecular complexity index is 948. The van der Waals surface area contributed by atoms with Gasteiger partial charge in [-0.3, -0.25) is 9.59 Å². The molecule has 2 heterocycles. The predicted molar refractivity (Wildman–Crippen MR) is 98.9 cm³/mol. The molecule has 0 saturated carbocycles. The molecule has 0 radical (unpaired) electrons. The highest BCUT2D eigenvalue weighted by molar-refractivity contribution is 5.94. The highest BCUT2D eigenvalue weighted by atomic mass is 16.2. The Labute approximate surface area is 151 Å². The molecular weight excluding hydrogens is 330 g/mol. The first-order valence-electron chi connectivity index (χ1n) is 8.44. The number of aromatic nitrogens is 3. The van der Waals surface area contributed by atoms with Gasteiger partial charge in [-0.25, -0.2) is 9.97 Å². The fraction of sp³-hybridized carbons (Fsp3) is 0.263. The third-order valence-electron chi connectivity index (χ3n) is 4.17. The maximum absolute atomic E-state index is 12.2. The second-order valence-electron chi connectivity index (χ2n) is 5.99. The van der Waals surface area contributed by atoms with Gasteiger partial charge in [0.1, 0.15) is 5.82 Å². The Kier molecular flexibility index (Phi) is 5.26. The number of nitrogens with one attached hydrogen (secondary N) is 3. The summed E-state index contributed by atoms with van der Waals surface area (Å²) < 4.78 is 0. The van der Waals surface area contributed by atoms with Gasteiger partial charge in [-0.05, 0) is 18.6 Å². The molecule has 134 valence electrons. The second-order valence-corrected chi connectivity index (χ2v) is 5.99. The molecule has 0 bridgehead atoms. The lowest BCUT2D eigenvalue weighted by Gasteiger charge is -2.09. The monoisotopic (exact) mass is 351 g/mol. The fourth-order valence-electron chi connectivity index (χ4n) is 2.87. The molecule has 0 atom stereocenters. The van der Waals surface area contributed by atoms with E-state index in [-0.39, 0.29) is 11.8 Å². The van der Waals surface area contributed by atoms with Crippen molar-refractivity contribution in [2.45, 2.75) is 19.8 Å². The van der Waals surface area contributed by atoms with Gasteiger partial charge >= 0.3 is 0 Å². The number of benzene rings is 1. The van der Waals surface area contributed by atoms with E-state index in [0.717, 1.165) is 16.5 Å². The van der Waals surface area contributed by atoms with Crippen LogP contribution in [0.5, 0.6) is 0 Å². The normalized spacial score (nSPS) is 10.7. The molecule has 0 fully saturated rings. The van der Waals surface area contributed by atoms with Crippen molar-refractivity contribution in [3.8, 4) is 0 Å². The summed E-state index contributed by atoms with van der Waals surface area (Å²) in [4.78, 5) is 35.7. The number of hydrogen-bond donors (Lipinski definition) is 3. The van der Waals surface area contributed by atoms with Crippen LogP contribution in [0, 0.1) is 6.92 Å². The van der Waals surface area contributed by atoms with Crippen LogP contribution in [0.1, 0.15) is 27.4 Å². The Hall–Kier alpha value is -3.22. The number of carbonyl (C=O) groups excluding carboxylic acids is 2. The molecule has 7 nitrogen and oxygen atoms in total. The lowest BCUT2D eigenvalue weighted by molar-refractivity contribution is -0.120. The fourth-order valence-corrected chi connectivity index (χ4v) is 2.87. The van der Waals surface area contributed by atoms with Crippen LogP contribution in [-0.2, 0) is 17.6 Å². The van der Waals surface area contributed by atoms with Gasteiger partial charge in [0.15, 0.2) is 0 Å². The summed E-state index contributed by atoms with van der Waals surface area (Å²) in [6.07, 6.45) is 4.15. The largest absolute Gasteiger partial charge is 0.361 e. The highest BCUT2D eigenvalue weighted by Gasteiger charge is 2.13. The third kappa shape index (κ3) is 3.88. The van der Waals surface area contributed by atoms with Crippen LogP contribution in [0.3, 0.4) is 0 Å². The van der Waals surface area contributed by atoms with Gasteiger partial charge in [-0.1, -0.05) is 18.2 Å². The second kappa shape index (κ2) is 7.77. The number of para-hydroxylation sites is 1. The maximum atomic E-state index is 12.2. The molecule has 2 amide bonds. The van der Waals surface area contributed by atoms with Crippen molar-refractivity contribution in [2.24, 2.45) is 0 Å². The van der Waals surface area contributed by atoms with Crippen molar-refractivity contribution in [1.82, 2.24) is 25.6 Å². The summed E-state index contributed by atoms with van der Waals surface area (Å²) in [6.45, 7) is 2.17. The number of hydrogen-bond acceptors (Lipinski definition) is 4. The van der Waals surface area contributed by atoms with Crippen molar-refractivity contribution >= 4 is 22.7 Å². The first kappa shape index (κ1) is 17.6. The molecule has 0 aliphatic carbocycles. The van der Waals surface area contributed by atoms with Crippen molar-refractivity contribution in [3.05, 3.63) is 59.3 Å². The summed E-state index contributed by atoms with van der Waals surface area (Å²) in [5.41, 5.74) is 3.04. The Balaban J connectivity index is 1.60. The minimum absolute atomic E-state index is 0.0676. The van der Waals surface area contributed by atoms with E-state index in [1.165, 1.54) is 6.20 Å². The van der Waals surface area contributed by atoms with Crippen molar-refractivity contribution in [1.29, 1.82) is 0 Å². The van der Waals surface area contributed by atoms with Gasteiger partial charge in [-0.15, -0.1) is 0 Å². The lowest BCUT2D eigenvalue weighted by atomic mass is 10.1. The first-order valence-corrected chi connectivity index (χ1v) is 8.44. The zero-order valence-corrected chi connectivity index (χ0v) is 14.8. The molecule has 0 saturated heterocycles. The van der Waals surface area contributed by atoms with E-state index in [1.54, 1.807) is 14.0 Å². The summed E-state index contributed by atoms with van der Waals surface area (Å²) in [5, 5.41) is 6.52. The van der Waals surface area contributed by atoms with Crippen LogP contribution in [0.25, 0.3) is 10.9 Å². The van der Waals surface area contributed by atoms with Gasteiger partial charge in [-0.2, -0.15) is 0 Å². The molecule has 2 aromatic heterocycles. The van der Waals surface area contributed by atoms with Crippen molar-refractivity contribution in [2.75, 3.05) is 13.6 Å². The Morgan fingerprint density at radius 1 is 1.23 bits per heavy atom. The van der Waals surface area contributed by atoms with Gasteiger partial charge in [0.25, 0.3) is 5.91 Å². The van der Waals surface area contributed by atoms with E-state index in [4.69, 9.17) is 0 Å². The van der Waals surface area contributed by atoms with E-state index in [0.29, 0.717) is 36.5 Å². The number of H-pyrrole nitrogens is 1. The average molecular weight is 351 g/mol. The molecule has 3 N–H and O–H groups in total. The van der Waals surface area contributed by atoms with Crippen LogP contribution < -0.4 is 10.6 Å². The van der Waals surface area contributed by atoms with Crippen molar-refractivity contribution < 1.29 is 9.59 Å². The summed E-state index contributed by atoms with van der Waals surface area (Å²) >= 11 is 0. The standard InChI is InChI=1S/C19H21N5O2/c1-12-22-11-15(19(26)20-2)17(24-12)7-8-21-18(25)9-13-10-23-16-6-4-3-5-14(13)16/h3-6,10-11,23H,7-9H2,1-2H3,(H,20,26)(H,21,25). The van der Waals surface area contributed by atoms with Crippen LogP contribution in [0.15, 0.2) is 36.7 Å². The first-order chi connectivity index (χ1) is 12.6. The number of amides is 2. The summed E-state index contributed by atoms with van der Waals surface area (Å²) in [7, 11) is 1.56. The summed E-state index contributed by atoms with van der Waals surface area (Å²) in [5.74, 6) is 0.296. The Morgan fingerprint density at radius 3 is 2.85 bits per heavy atom. The number of fused-ring (bicyclic) bond motifs is 1. The van der Waals surface area contributed by atoms with Gasteiger partial charge in [0.2, 0.25) is 5.91 Å². The molecule has 7 heteroatoms. The maximum Gasteiger partial charge on any atom is 0.254 e. The minimum atomic E-state index is -0.231. The van der Waals surface area contributed by atoms with Crippen LogP contribution >= 0.6 is 0 Å². The van der Waals surface area contributed by atoms with Crippen LogP contribution in [0.2, 0.25) is 0 Å². The minimum Gasteiger partial charge on any atom is -0.361 e. The highest BCUT2D eigenvalue weighted by Crippen LogP contribution is 2.17. The quantitative estimate of drug-likeness (QED) is 0.627. The predicted octanol–water partition coefficient (Wildman–Crippen LogP) is 1.53. The number of nitrogens with zero attached hydrogens (tertiary/aromatic N) is 2. The molecule has 3 aromatic rings. The molecule has 1 aromatic carbocycles. The van der Waals surface area contributed by atoms with E-state index >= 15 is 0 Å². The number of rotatable bonds is 6. The van der Waals surface area contributed by atoms with Gasteiger partial charge in [0, 0.05) is 43.3 Å². The van der Waals surface area contributed by atoms with E-state index < -0.39 is 0 Å². The van der Waals surface area contributed by atoms with Gasteiger partial charge in [0.05, 0.1) is 17.7 Å². The Morgan fingerprint density at radius 2 is 2.04 bits per heavy atom. The molecule has 0 spiro atoms. The van der Waals surface area contributed by atoms with E-state index in [9.17, 15) is 9.59 Å². The van der Waals surface area contributed by atoms with Crippen molar-refractivity contribution in [3.63, 3.8) is 0 Å². The zero-order valence-electron chi connectivity index (χ0n) is 14.8. The topological polar surface area (TPSA) is 99.8 Å². The number of aromatic amines is 1. The molecule has 3 rings (SSSR count). The molecular formula is C19H21N5O2. The SMILES string of the molecule is CNC(=O)c1cnc(C)nc1CCNC(=O)Cc1c[nH]c2ccccc12. The molecule has 0 aliphatic heterocycles.